The highest BCUT2D eigenvalue weighted by Crippen LogP contribution is 2.13. The summed E-state index contributed by atoms with van der Waals surface area (Å²) in [7, 11) is 0.226. The number of carboxylic acids is 1. The van der Waals surface area contributed by atoms with Gasteiger partial charge < -0.3 is 5.11 Å². The topological polar surface area (TPSA) is 37.3 Å². The molecular formula is C7H13O2S+. The van der Waals surface area contributed by atoms with Gasteiger partial charge in [0.1, 0.15) is 11.5 Å². The lowest BCUT2D eigenvalue weighted by molar-refractivity contribution is -0.133. The zero-order valence-electron chi connectivity index (χ0n) is 6.01. The van der Waals surface area contributed by atoms with Crippen molar-refractivity contribution in [2.45, 2.75) is 19.3 Å². The number of carbonyl (C=O) groups is 1. The Balaban J connectivity index is 2.19. The lowest BCUT2D eigenvalue weighted by Gasteiger charge is -2.10. The van der Waals surface area contributed by atoms with Gasteiger partial charge in [-0.15, -0.1) is 0 Å². The highest BCUT2D eigenvalue weighted by molar-refractivity contribution is 7.97. The lowest BCUT2D eigenvalue weighted by Crippen LogP contribution is -2.25. The van der Waals surface area contributed by atoms with Crippen LogP contribution >= 0.6 is 0 Å². The second-order valence-corrected chi connectivity index (χ2v) is 4.95. The molecule has 1 rings (SSSR count). The summed E-state index contributed by atoms with van der Waals surface area (Å²) in [5.74, 6) is 2.11. The molecule has 58 valence electrons. The van der Waals surface area contributed by atoms with Crippen LogP contribution in [0.5, 0.6) is 0 Å². The van der Waals surface area contributed by atoms with E-state index in [-0.39, 0.29) is 10.9 Å². The van der Waals surface area contributed by atoms with E-state index in [2.05, 4.69) is 0 Å². The van der Waals surface area contributed by atoms with Gasteiger partial charge in [-0.05, 0) is 30.2 Å². The standard InChI is InChI=1S/C7H12O2S/c8-7(9)6-10-4-2-1-3-5-10/h1-6H2/p+1. The molecule has 0 aromatic rings. The Hall–Kier alpha value is -0.180. The molecule has 10 heavy (non-hydrogen) atoms. The van der Waals surface area contributed by atoms with Gasteiger partial charge in [-0.3, -0.25) is 0 Å². The molecular weight excluding hydrogens is 148 g/mol. The predicted octanol–water partition coefficient (Wildman–Crippen LogP) is 0.873. The zero-order valence-corrected chi connectivity index (χ0v) is 6.82. The van der Waals surface area contributed by atoms with Crippen molar-refractivity contribution in [1.82, 2.24) is 0 Å². The van der Waals surface area contributed by atoms with E-state index in [0.717, 1.165) is 11.5 Å². The van der Waals surface area contributed by atoms with Crippen molar-refractivity contribution in [1.29, 1.82) is 0 Å². The Morgan fingerprint density at radius 2 is 1.90 bits per heavy atom. The highest BCUT2D eigenvalue weighted by atomic mass is 32.2. The number of rotatable bonds is 2. The van der Waals surface area contributed by atoms with E-state index in [9.17, 15) is 4.79 Å². The monoisotopic (exact) mass is 161 g/mol. The van der Waals surface area contributed by atoms with Gasteiger partial charge in [-0.1, -0.05) is 0 Å². The normalized spacial score (nSPS) is 20.8. The summed E-state index contributed by atoms with van der Waals surface area (Å²) in [6, 6.07) is 0. The van der Waals surface area contributed by atoms with Gasteiger partial charge in [0.2, 0.25) is 5.75 Å². The SMILES string of the molecule is O=C(O)C[S+]1CCCCC1. The van der Waals surface area contributed by atoms with Gasteiger partial charge >= 0.3 is 5.97 Å². The molecule has 1 aliphatic rings. The van der Waals surface area contributed by atoms with Crippen molar-refractivity contribution in [3.05, 3.63) is 0 Å². The average molecular weight is 161 g/mol. The molecule has 2 nitrogen and oxygen atoms in total. The molecule has 1 fully saturated rings. The molecule has 1 aliphatic heterocycles. The second-order valence-electron chi connectivity index (χ2n) is 2.62. The number of carboxylic acid groups (broad SMARTS) is 1. The van der Waals surface area contributed by atoms with Gasteiger partial charge in [0, 0.05) is 0 Å². The van der Waals surface area contributed by atoms with E-state index >= 15 is 0 Å². The molecule has 0 saturated carbocycles. The smallest absolute Gasteiger partial charge is 0.353 e. The minimum absolute atomic E-state index is 0.226. The first-order valence-electron chi connectivity index (χ1n) is 3.65. The van der Waals surface area contributed by atoms with Crippen LogP contribution < -0.4 is 0 Å². The van der Waals surface area contributed by atoms with Crippen molar-refractivity contribution >= 4 is 16.9 Å². The number of hydrogen-bond acceptors (Lipinski definition) is 1. The molecule has 1 N–H and O–H groups in total. The minimum atomic E-state index is -0.620. The molecule has 0 amide bonds. The van der Waals surface area contributed by atoms with Crippen LogP contribution in [-0.2, 0) is 15.7 Å². The number of hydrogen-bond donors (Lipinski definition) is 1. The Labute approximate surface area is 64.0 Å². The summed E-state index contributed by atoms with van der Waals surface area (Å²) < 4.78 is 0. The van der Waals surface area contributed by atoms with Gasteiger partial charge in [-0.25, -0.2) is 4.79 Å². The largest absolute Gasteiger partial charge is 0.478 e. The molecule has 0 aromatic heterocycles. The van der Waals surface area contributed by atoms with E-state index in [1.54, 1.807) is 0 Å². The maximum atomic E-state index is 10.3. The van der Waals surface area contributed by atoms with Crippen molar-refractivity contribution in [3.8, 4) is 0 Å². The molecule has 1 heterocycles. The molecule has 0 radical (unpaired) electrons. The Kier molecular flexibility index (Phi) is 3.06. The first kappa shape index (κ1) is 7.92. The maximum absolute atomic E-state index is 10.3. The third-order valence-electron chi connectivity index (χ3n) is 1.69. The van der Waals surface area contributed by atoms with Crippen molar-refractivity contribution in [3.63, 3.8) is 0 Å². The van der Waals surface area contributed by atoms with E-state index < -0.39 is 5.97 Å². The van der Waals surface area contributed by atoms with Crippen LogP contribution in [0, 0.1) is 0 Å². The van der Waals surface area contributed by atoms with Crippen LogP contribution in [0.1, 0.15) is 19.3 Å². The molecule has 0 bridgehead atoms. The number of aliphatic carboxylic acids is 1. The van der Waals surface area contributed by atoms with E-state index in [0.29, 0.717) is 5.75 Å². The van der Waals surface area contributed by atoms with E-state index in [1.165, 1.54) is 19.3 Å². The van der Waals surface area contributed by atoms with Crippen LogP contribution in [-0.4, -0.2) is 28.3 Å². The first-order chi connectivity index (χ1) is 4.79. The Bertz CT molecular complexity index is 119. The summed E-state index contributed by atoms with van der Waals surface area (Å²) in [6.45, 7) is 0. The third kappa shape index (κ3) is 2.60. The van der Waals surface area contributed by atoms with Crippen LogP contribution in [0.2, 0.25) is 0 Å². The third-order valence-corrected chi connectivity index (χ3v) is 4.08. The summed E-state index contributed by atoms with van der Waals surface area (Å²) in [6.07, 6.45) is 3.80. The second kappa shape index (κ2) is 3.86. The van der Waals surface area contributed by atoms with E-state index in [1.807, 2.05) is 0 Å². The zero-order chi connectivity index (χ0) is 7.40. The Morgan fingerprint density at radius 1 is 1.30 bits per heavy atom. The lowest BCUT2D eigenvalue weighted by atomic mass is 10.3. The van der Waals surface area contributed by atoms with Gasteiger partial charge in [0.05, 0.1) is 0 Å². The minimum Gasteiger partial charge on any atom is -0.478 e. The summed E-state index contributed by atoms with van der Waals surface area (Å²) in [4.78, 5) is 10.3. The molecule has 1 saturated heterocycles. The fourth-order valence-electron chi connectivity index (χ4n) is 1.21. The molecule has 0 spiro atoms. The van der Waals surface area contributed by atoms with Crippen LogP contribution in [0.3, 0.4) is 0 Å². The summed E-state index contributed by atoms with van der Waals surface area (Å²) >= 11 is 0. The first-order valence-corrected chi connectivity index (χ1v) is 5.38. The quantitative estimate of drug-likeness (QED) is 0.610. The van der Waals surface area contributed by atoms with Crippen molar-refractivity contribution in [2.75, 3.05) is 17.3 Å². The van der Waals surface area contributed by atoms with Crippen LogP contribution in [0.15, 0.2) is 0 Å². The fourth-order valence-corrected chi connectivity index (χ4v) is 3.28. The average Bonchev–Trinajstić information content (AvgIpc) is 1.88. The summed E-state index contributed by atoms with van der Waals surface area (Å²) in [5, 5.41) is 8.47. The van der Waals surface area contributed by atoms with Crippen molar-refractivity contribution < 1.29 is 9.90 Å². The van der Waals surface area contributed by atoms with Gasteiger partial charge in [0.25, 0.3) is 0 Å². The van der Waals surface area contributed by atoms with Gasteiger partial charge in [0.15, 0.2) is 0 Å². The molecule has 3 heteroatoms. The molecule has 0 unspecified atom stereocenters. The Morgan fingerprint density at radius 3 is 2.40 bits per heavy atom. The maximum Gasteiger partial charge on any atom is 0.353 e. The predicted molar refractivity (Wildman–Crippen MR) is 43.5 cm³/mol. The van der Waals surface area contributed by atoms with Crippen molar-refractivity contribution in [2.24, 2.45) is 0 Å². The van der Waals surface area contributed by atoms with Gasteiger partial charge in [-0.2, -0.15) is 0 Å². The fraction of sp³-hybridized carbons (Fsp3) is 0.857. The highest BCUT2D eigenvalue weighted by Gasteiger charge is 2.24. The molecule has 0 aromatic carbocycles. The van der Waals surface area contributed by atoms with Crippen LogP contribution in [0.25, 0.3) is 0 Å². The molecule has 0 atom stereocenters. The van der Waals surface area contributed by atoms with E-state index in [4.69, 9.17) is 5.11 Å². The summed E-state index contributed by atoms with van der Waals surface area (Å²) in [5.41, 5.74) is 0. The van der Waals surface area contributed by atoms with Crippen LogP contribution in [0.4, 0.5) is 0 Å². The molecule has 0 aliphatic carbocycles.